The first-order chi connectivity index (χ1) is 12.8. The zero-order chi connectivity index (χ0) is 18.5. The first-order valence-electron chi connectivity index (χ1n) is 9.38. The fraction of sp³-hybridized carbons (Fsp3) is 0.348. The first-order valence-corrected chi connectivity index (χ1v) is 9.38. The number of rotatable bonds is 11. The predicted octanol–water partition coefficient (Wildman–Crippen LogP) is 5.34. The van der Waals surface area contributed by atoms with Gasteiger partial charge in [-0.3, -0.25) is 0 Å². The van der Waals surface area contributed by atoms with Gasteiger partial charge < -0.3 is 9.94 Å². The molecule has 0 unspecified atom stereocenters. The van der Waals surface area contributed by atoms with Crippen molar-refractivity contribution in [1.82, 2.24) is 0 Å². The van der Waals surface area contributed by atoms with E-state index in [1.165, 1.54) is 5.56 Å². The molecule has 0 N–H and O–H groups in total. The van der Waals surface area contributed by atoms with Gasteiger partial charge in [0.2, 0.25) is 0 Å². The van der Waals surface area contributed by atoms with Crippen LogP contribution >= 0.6 is 0 Å². The van der Waals surface area contributed by atoms with Gasteiger partial charge in [0.1, 0.15) is 0 Å². The second kappa shape index (κ2) is 12.0. The average molecular weight is 351 g/mol. The van der Waals surface area contributed by atoms with Crippen LogP contribution in [0.4, 0.5) is 0 Å². The molecule has 0 radical (unpaired) electrons. The summed E-state index contributed by atoms with van der Waals surface area (Å²) in [5.41, 5.74) is 2.14. The Labute approximate surface area is 157 Å². The number of ether oxygens (including phenoxy) is 1. The first kappa shape index (κ1) is 19.9. The maximum atomic E-state index is 12.5. The van der Waals surface area contributed by atoms with Crippen molar-refractivity contribution in [2.75, 3.05) is 6.61 Å². The monoisotopic (exact) mass is 351 g/mol. The Kier molecular flexibility index (Phi) is 9.23. The Hall–Kier alpha value is -2.39. The van der Waals surface area contributed by atoms with Crippen molar-refractivity contribution in [3.63, 3.8) is 0 Å². The lowest BCUT2D eigenvalue weighted by molar-refractivity contribution is -0.496. The summed E-state index contributed by atoms with van der Waals surface area (Å²) in [6.45, 7) is 3.37. The van der Waals surface area contributed by atoms with E-state index in [0.29, 0.717) is 6.61 Å². The van der Waals surface area contributed by atoms with Gasteiger partial charge in [-0.1, -0.05) is 60.7 Å². The van der Waals surface area contributed by atoms with Crippen LogP contribution in [0, 0.1) is 5.21 Å². The van der Waals surface area contributed by atoms with E-state index < -0.39 is 0 Å². The summed E-state index contributed by atoms with van der Waals surface area (Å²) < 4.78 is 6.84. The number of allylic oxidation sites excluding steroid dienone is 1. The quantitative estimate of drug-likeness (QED) is 0.137. The highest BCUT2D eigenvalue weighted by atomic mass is 16.5. The minimum atomic E-state index is -0.0273. The van der Waals surface area contributed by atoms with Gasteiger partial charge in [-0.2, -0.15) is 0 Å². The molecule has 0 amide bonds. The molecular weight excluding hydrogens is 322 g/mol. The molecule has 0 aromatic heterocycles. The third-order valence-corrected chi connectivity index (χ3v) is 4.27. The van der Waals surface area contributed by atoms with E-state index in [1.807, 2.05) is 61.5 Å². The van der Waals surface area contributed by atoms with Gasteiger partial charge in [-0.25, -0.2) is 4.74 Å². The maximum absolute atomic E-state index is 12.5. The Bertz CT molecular complexity index is 665. The van der Waals surface area contributed by atoms with Gasteiger partial charge in [0.15, 0.2) is 12.3 Å². The number of benzene rings is 2. The standard InChI is InChI=1S/C23H29NO2/c1-2-3-16-23(24(25)19-21-12-6-4-7-13-21)17-10-11-18-26-20-22-14-8-5-9-15-22/h2-9,12-15,19,23H,10-11,16-18,20H2,1H3/b3-2+,24-19-/t23-/m1/s1. The normalized spacial score (nSPS) is 13.2. The maximum Gasteiger partial charge on any atom is 0.182 e. The van der Waals surface area contributed by atoms with Crippen LogP contribution < -0.4 is 0 Å². The highest BCUT2D eigenvalue weighted by molar-refractivity contribution is 5.75. The lowest BCUT2D eigenvalue weighted by atomic mass is 10.1. The van der Waals surface area contributed by atoms with Gasteiger partial charge in [-0.05, 0) is 37.5 Å². The van der Waals surface area contributed by atoms with Crippen LogP contribution in [0.5, 0.6) is 0 Å². The molecule has 2 rings (SSSR count). The minimum Gasteiger partial charge on any atom is -0.624 e. The average Bonchev–Trinajstić information content (AvgIpc) is 2.68. The van der Waals surface area contributed by atoms with E-state index in [2.05, 4.69) is 18.2 Å². The largest absolute Gasteiger partial charge is 0.624 e. The molecule has 26 heavy (non-hydrogen) atoms. The second-order valence-electron chi connectivity index (χ2n) is 6.39. The molecule has 0 fully saturated rings. The molecule has 0 spiro atoms. The molecular formula is C23H29NO2. The number of nitrogens with zero attached hydrogens (tertiary/aromatic N) is 1. The fourth-order valence-electron chi connectivity index (χ4n) is 2.78. The predicted molar refractivity (Wildman–Crippen MR) is 108 cm³/mol. The number of hydrogen-bond acceptors (Lipinski definition) is 2. The molecule has 0 aliphatic rings. The van der Waals surface area contributed by atoms with Crippen molar-refractivity contribution in [2.45, 2.75) is 45.3 Å². The van der Waals surface area contributed by atoms with Crippen molar-refractivity contribution in [3.05, 3.63) is 89.1 Å². The highest BCUT2D eigenvalue weighted by Gasteiger charge is 2.14. The fourth-order valence-corrected chi connectivity index (χ4v) is 2.78. The molecule has 3 heteroatoms. The Morgan fingerprint density at radius 1 is 1.00 bits per heavy atom. The lowest BCUT2D eigenvalue weighted by Gasteiger charge is -2.16. The van der Waals surface area contributed by atoms with E-state index in [0.717, 1.165) is 42.6 Å². The Balaban J connectivity index is 1.75. The van der Waals surface area contributed by atoms with E-state index in [1.54, 1.807) is 6.21 Å². The van der Waals surface area contributed by atoms with Crippen LogP contribution in [0.2, 0.25) is 0 Å². The van der Waals surface area contributed by atoms with Crippen molar-refractivity contribution in [1.29, 1.82) is 0 Å². The highest BCUT2D eigenvalue weighted by Crippen LogP contribution is 2.11. The summed E-state index contributed by atoms with van der Waals surface area (Å²) in [4.78, 5) is 0. The minimum absolute atomic E-state index is 0.0273. The molecule has 0 bridgehead atoms. The lowest BCUT2D eigenvalue weighted by Crippen LogP contribution is -2.22. The number of unbranched alkanes of at least 4 members (excludes halogenated alkanes) is 1. The number of hydroxylamine groups is 1. The van der Waals surface area contributed by atoms with Crippen LogP contribution in [0.25, 0.3) is 0 Å². The zero-order valence-electron chi connectivity index (χ0n) is 15.6. The molecule has 1 atom stereocenters. The molecule has 3 nitrogen and oxygen atoms in total. The summed E-state index contributed by atoms with van der Waals surface area (Å²) in [6, 6.07) is 19.9. The van der Waals surface area contributed by atoms with E-state index in [4.69, 9.17) is 4.74 Å². The third-order valence-electron chi connectivity index (χ3n) is 4.27. The molecule has 0 aliphatic heterocycles. The van der Waals surface area contributed by atoms with Crippen molar-refractivity contribution in [2.24, 2.45) is 0 Å². The van der Waals surface area contributed by atoms with Gasteiger partial charge in [0.25, 0.3) is 0 Å². The molecule has 0 aliphatic carbocycles. The van der Waals surface area contributed by atoms with Gasteiger partial charge in [-0.15, -0.1) is 0 Å². The summed E-state index contributed by atoms with van der Waals surface area (Å²) in [6.07, 6.45) is 9.36. The molecule has 0 heterocycles. The van der Waals surface area contributed by atoms with Crippen molar-refractivity contribution >= 4 is 6.21 Å². The molecule has 0 saturated carbocycles. The molecule has 2 aromatic carbocycles. The van der Waals surface area contributed by atoms with E-state index >= 15 is 0 Å². The molecule has 2 aromatic rings. The Morgan fingerprint density at radius 2 is 1.69 bits per heavy atom. The van der Waals surface area contributed by atoms with Crippen molar-refractivity contribution < 1.29 is 9.48 Å². The van der Waals surface area contributed by atoms with Gasteiger partial charge in [0, 0.05) is 25.0 Å². The third kappa shape index (κ3) is 7.66. The topological polar surface area (TPSA) is 35.3 Å². The Morgan fingerprint density at radius 3 is 2.38 bits per heavy atom. The van der Waals surface area contributed by atoms with Crippen LogP contribution in [0.3, 0.4) is 0 Å². The van der Waals surface area contributed by atoms with Crippen LogP contribution in [0.1, 0.15) is 43.7 Å². The van der Waals surface area contributed by atoms with Gasteiger partial charge in [0.05, 0.1) is 6.61 Å². The summed E-state index contributed by atoms with van der Waals surface area (Å²) >= 11 is 0. The summed E-state index contributed by atoms with van der Waals surface area (Å²) in [7, 11) is 0. The van der Waals surface area contributed by atoms with E-state index in [9.17, 15) is 5.21 Å². The van der Waals surface area contributed by atoms with Crippen LogP contribution in [-0.4, -0.2) is 23.6 Å². The number of hydrogen-bond donors (Lipinski definition) is 0. The zero-order valence-corrected chi connectivity index (χ0v) is 15.6. The smallest absolute Gasteiger partial charge is 0.182 e. The van der Waals surface area contributed by atoms with Crippen LogP contribution in [-0.2, 0) is 11.3 Å². The summed E-state index contributed by atoms with van der Waals surface area (Å²) in [5, 5.41) is 12.5. The second-order valence-corrected chi connectivity index (χ2v) is 6.39. The van der Waals surface area contributed by atoms with Crippen LogP contribution in [0.15, 0.2) is 72.8 Å². The van der Waals surface area contributed by atoms with Gasteiger partial charge >= 0.3 is 0 Å². The van der Waals surface area contributed by atoms with E-state index in [-0.39, 0.29) is 6.04 Å². The molecule has 138 valence electrons. The molecule has 0 saturated heterocycles. The summed E-state index contributed by atoms with van der Waals surface area (Å²) in [5.74, 6) is 0. The van der Waals surface area contributed by atoms with Crippen molar-refractivity contribution in [3.8, 4) is 0 Å². The SMILES string of the molecule is C/C=C/C[C@H](CCCCOCc1ccccc1)/[N+]([O-])=C/c1ccccc1.